The summed E-state index contributed by atoms with van der Waals surface area (Å²) in [7, 11) is 0. The lowest BCUT2D eigenvalue weighted by Crippen LogP contribution is -2.51. The van der Waals surface area contributed by atoms with E-state index in [1.54, 1.807) is 30.9 Å². The standard InChI is InChI=1S/C24H23BrN2O5/c1-4-31-21(28)19-17-12-32-18-9-8-14(25)11-16(18)20(17)27-23(30)26(22(29)24(19,27)3)15-7-5-6-13(2)10-15/h5-11,17,19-20H,4,12H2,1-3H3/t17?,19?,20?,24-/m0/s1. The number of nitrogens with zero attached hydrogens (tertiary/aromatic N) is 2. The molecule has 4 atom stereocenters. The zero-order chi connectivity index (χ0) is 22.8. The molecule has 166 valence electrons. The van der Waals surface area contributed by atoms with E-state index in [2.05, 4.69) is 15.9 Å². The van der Waals surface area contributed by atoms with Gasteiger partial charge in [0.2, 0.25) is 0 Å². The Kier molecular flexibility index (Phi) is 4.81. The van der Waals surface area contributed by atoms with Crippen molar-refractivity contribution in [2.45, 2.75) is 32.4 Å². The summed E-state index contributed by atoms with van der Waals surface area (Å²) in [5.74, 6) is -1.49. The smallest absolute Gasteiger partial charge is 0.332 e. The SMILES string of the molecule is CCOC(=O)C1C2COc3ccc(Br)cc3C2N2C(=O)N(c3cccc(C)c3)C(=O)[C@]12C. The van der Waals surface area contributed by atoms with E-state index in [1.165, 1.54) is 4.90 Å². The van der Waals surface area contributed by atoms with Crippen molar-refractivity contribution in [3.8, 4) is 5.75 Å². The number of aryl methyl sites for hydroxylation is 1. The first-order chi connectivity index (χ1) is 15.3. The van der Waals surface area contributed by atoms with Crippen molar-refractivity contribution >= 4 is 39.5 Å². The Morgan fingerprint density at radius 1 is 1.25 bits per heavy atom. The second-order valence-electron chi connectivity index (χ2n) is 8.61. The van der Waals surface area contributed by atoms with Crippen molar-refractivity contribution in [2.75, 3.05) is 18.1 Å². The molecule has 0 N–H and O–H groups in total. The number of fused-ring (bicyclic) bond motifs is 5. The lowest BCUT2D eigenvalue weighted by atomic mass is 9.77. The van der Waals surface area contributed by atoms with Crippen molar-refractivity contribution in [3.05, 3.63) is 58.1 Å². The normalized spacial score (nSPS) is 28.2. The number of rotatable bonds is 3. The number of anilines is 1. The molecule has 2 fully saturated rings. The van der Waals surface area contributed by atoms with E-state index in [1.807, 2.05) is 37.3 Å². The zero-order valence-corrected chi connectivity index (χ0v) is 19.6. The molecule has 7 nitrogen and oxygen atoms in total. The van der Waals surface area contributed by atoms with Gasteiger partial charge in [-0.05, 0) is 56.7 Å². The summed E-state index contributed by atoms with van der Waals surface area (Å²) < 4.78 is 12.2. The van der Waals surface area contributed by atoms with Crippen molar-refractivity contribution in [1.29, 1.82) is 0 Å². The third-order valence-electron chi connectivity index (χ3n) is 6.77. The molecule has 3 aliphatic heterocycles. The summed E-state index contributed by atoms with van der Waals surface area (Å²) >= 11 is 3.50. The highest BCUT2D eigenvalue weighted by Gasteiger charge is 2.72. The Morgan fingerprint density at radius 2 is 2.03 bits per heavy atom. The highest BCUT2D eigenvalue weighted by molar-refractivity contribution is 9.10. The topological polar surface area (TPSA) is 76.2 Å². The van der Waals surface area contributed by atoms with Crippen LogP contribution in [0.5, 0.6) is 5.75 Å². The molecule has 2 saturated heterocycles. The Balaban J connectivity index is 1.70. The van der Waals surface area contributed by atoms with E-state index in [0.29, 0.717) is 11.4 Å². The van der Waals surface area contributed by atoms with Crippen LogP contribution in [0.2, 0.25) is 0 Å². The predicted molar refractivity (Wildman–Crippen MR) is 120 cm³/mol. The Bertz CT molecular complexity index is 1150. The van der Waals surface area contributed by atoms with E-state index in [-0.39, 0.29) is 13.2 Å². The van der Waals surface area contributed by atoms with Gasteiger partial charge in [0.05, 0.1) is 30.9 Å². The van der Waals surface area contributed by atoms with Crippen molar-refractivity contribution in [2.24, 2.45) is 11.8 Å². The lowest BCUT2D eigenvalue weighted by Gasteiger charge is -2.34. The maximum absolute atomic E-state index is 13.9. The quantitative estimate of drug-likeness (QED) is 0.467. The number of halogens is 1. The molecule has 0 radical (unpaired) electrons. The number of ether oxygens (including phenoxy) is 2. The second-order valence-corrected chi connectivity index (χ2v) is 9.53. The van der Waals surface area contributed by atoms with Crippen LogP contribution in [0.25, 0.3) is 0 Å². The minimum atomic E-state index is -1.38. The molecule has 3 unspecified atom stereocenters. The van der Waals surface area contributed by atoms with E-state index >= 15 is 0 Å². The third kappa shape index (κ3) is 2.75. The Morgan fingerprint density at radius 3 is 2.75 bits per heavy atom. The van der Waals surface area contributed by atoms with Crippen molar-refractivity contribution < 1.29 is 23.9 Å². The van der Waals surface area contributed by atoms with E-state index in [0.717, 1.165) is 15.6 Å². The fraction of sp³-hybridized carbons (Fsp3) is 0.375. The molecule has 0 saturated carbocycles. The van der Waals surface area contributed by atoms with Crippen LogP contribution in [0.15, 0.2) is 46.9 Å². The molecular formula is C24H23BrN2O5. The molecule has 3 heterocycles. The molecule has 0 bridgehead atoms. The van der Waals surface area contributed by atoms with E-state index in [4.69, 9.17) is 9.47 Å². The summed E-state index contributed by atoms with van der Waals surface area (Å²) in [5.41, 5.74) is 0.827. The number of benzene rings is 2. The van der Waals surface area contributed by atoms with Crippen LogP contribution < -0.4 is 9.64 Å². The van der Waals surface area contributed by atoms with Crippen molar-refractivity contribution in [3.63, 3.8) is 0 Å². The maximum atomic E-state index is 13.9. The van der Waals surface area contributed by atoms with Crippen LogP contribution in [0.3, 0.4) is 0 Å². The number of imide groups is 1. The monoisotopic (exact) mass is 498 g/mol. The van der Waals surface area contributed by atoms with Gasteiger partial charge in [0, 0.05) is 16.0 Å². The number of hydrogen-bond acceptors (Lipinski definition) is 5. The van der Waals surface area contributed by atoms with Crippen molar-refractivity contribution in [1.82, 2.24) is 4.90 Å². The van der Waals surface area contributed by atoms with Gasteiger partial charge in [-0.3, -0.25) is 9.59 Å². The molecule has 0 spiro atoms. The highest BCUT2D eigenvalue weighted by atomic mass is 79.9. The van der Waals surface area contributed by atoms with Gasteiger partial charge in [-0.1, -0.05) is 28.1 Å². The number of amides is 3. The Labute approximate surface area is 194 Å². The van der Waals surface area contributed by atoms with E-state index in [9.17, 15) is 14.4 Å². The van der Waals surface area contributed by atoms with Crippen LogP contribution in [-0.4, -0.2) is 41.6 Å². The minimum Gasteiger partial charge on any atom is -0.493 e. The molecular weight excluding hydrogens is 476 g/mol. The van der Waals surface area contributed by atoms with Crippen LogP contribution in [0.4, 0.5) is 10.5 Å². The highest BCUT2D eigenvalue weighted by Crippen LogP contribution is 2.58. The number of carbonyl (C=O) groups excluding carboxylic acids is 3. The van der Waals surface area contributed by atoms with Gasteiger partial charge in [-0.15, -0.1) is 0 Å². The fourth-order valence-corrected chi connectivity index (χ4v) is 5.84. The van der Waals surface area contributed by atoms with Gasteiger partial charge in [0.15, 0.2) is 0 Å². The zero-order valence-electron chi connectivity index (χ0n) is 18.0. The summed E-state index contributed by atoms with van der Waals surface area (Å²) in [5, 5.41) is 0. The second kappa shape index (κ2) is 7.33. The molecule has 5 rings (SSSR count). The third-order valence-corrected chi connectivity index (χ3v) is 7.27. The Hall–Kier alpha value is -2.87. The van der Waals surface area contributed by atoms with E-state index < -0.39 is 41.3 Å². The average Bonchev–Trinajstić information content (AvgIpc) is 3.13. The predicted octanol–water partition coefficient (Wildman–Crippen LogP) is 4.23. The number of carbonyl (C=O) groups is 3. The molecule has 2 aromatic rings. The van der Waals surface area contributed by atoms with Gasteiger partial charge < -0.3 is 14.4 Å². The molecule has 3 amide bonds. The number of esters is 1. The van der Waals surface area contributed by atoms with Crippen LogP contribution >= 0.6 is 15.9 Å². The lowest BCUT2D eigenvalue weighted by molar-refractivity contribution is -0.154. The largest absolute Gasteiger partial charge is 0.493 e. The summed E-state index contributed by atoms with van der Waals surface area (Å²) in [6, 6.07) is 11.9. The molecule has 0 aliphatic carbocycles. The van der Waals surface area contributed by atoms with Gasteiger partial charge in [0.1, 0.15) is 11.3 Å². The van der Waals surface area contributed by atoms with Gasteiger partial charge in [0.25, 0.3) is 5.91 Å². The number of urea groups is 1. The van der Waals surface area contributed by atoms with Gasteiger partial charge in [-0.2, -0.15) is 0 Å². The summed E-state index contributed by atoms with van der Waals surface area (Å²) in [6.45, 7) is 5.73. The first-order valence-corrected chi connectivity index (χ1v) is 11.4. The van der Waals surface area contributed by atoms with Gasteiger partial charge in [-0.25, -0.2) is 9.69 Å². The van der Waals surface area contributed by atoms with Crippen LogP contribution in [-0.2, 0) is 14.3 Å². The molecule has 32 heavy (non-hydrogen) atoms. The van der Waals surface area contributed by atoms with Gasteiger partial charge >= 0.3 is 12.0 Å². The maximum Gasteiger partial charge on any atom is 0.332 e. The minimum absolute atomic E-state index is 0.190. The first-order valence-electron chi connectivity index (χ1n) is 10.6. The fourth-order valence-electron chi connectivity index (χ4n) is 5.46. The summed E-state index contributed by atoms with van der Waals surface area (Å²) in [4.78, 5) is 43.7. The van der Waals surface area contributed by atoms with Crippen LogP contribution in [0.1, 0.15) is 31.0 Å². The number of hydrogen-bond donors (Lipinski definition) is 0. The molecule has 2 aromatic carbocycles. The molecule has 8 heteroatoms. The molecule has 0 aromatic heterocycles. The summed E-state index contributed by atoms with van der Waals surface area (Å²) in [6.07, 6.45) is 0. The average molecular weight is 499 g/mol. The first kappa shape index (κ1) is 21.0. The van der Waals surface area contributed by atoms with Crippen LogP contribution in [0, 0.1) is 18.8 Å². The molecule has 3 aliphatic rings.